The second kappa shape index (κ2) is 32.1. The van der Waals surface area contributed by atoms with Gasteiger partial charge >= 0.3 is 19.8 Å². The number of hydrogen-bond donors (Lipinski definition) is 1. The molecule has 0 aromatic rings. The Kier molecular flexibility index (Phi) is 30.3. The van der Waals surface area contributed by atoms with E-state index in [1.165, 1.54) is 135 Å². The number of likely N-dealkylation sites (N-methyl/N-ethyl adjacent to an activating group) is 1. The quantitative estimate of drug-likeness (QED) is 0.0285. The van der Waals surface area contributed by atoms with Crippen LogP contribution in [0.15, 0.2) is 0 Å². The van der Waals surface area contributed by atoms with Crippen molar-refractivity contribution in [3.8, 4) is 0 Å². The molecule has 4 atom stereocenters. The summed E-state index contributed by atoms with van der Waals surface area (Å²) in [6, 6.07) is 0. The standard InChI is InChI=1S/C43H84NO8P/c1-6-8-10-12-14-15-16-17-18-19-20-24-28-32-42(45)49-37-41(38-51-53(47,48)50-35-34-44(3,4)5)52-43(46)33-29-25-21-23-27-31-40-36-39(40)30-26-22-13-11-9-7-2/h39-41H,6-38H2,1-5H3/p+1. The maximum Gasteiger partial charge on any atom is 0.472 e. The number of hydrogen-bond acceptors (Lipinski definition) is 7. The molecule has 1 saturated carbocycles. The monoisotopic (exact) mass is 775 g/mol. The minimum Gasteiger partial charge on any atom is -0.462 e. The Balaban J connectivity index is 2.28. The van der Waals surface area contributed by atoms with Crippen LogP contribution < -0.4 is 0 Å². The molecule has 4 unspecified atom stereocenters. The van der Waals surface area contributed by atoms with Gasteiger partial charge in [-0.05, 0) is 31.1 Å². The molecule has 1 N–H and O–H groups in total. The van der Waals surface area contributed by atoms with Gasteiger partial charge in [0, 0.05) is 12.8 Å². The Morgan fingerprint density at radius 2 is 1.02 bits per heavy atom. The third-order valence-electron chi connectivity index (χ3n) is 10.6. The fourth-order valence-electron chi connectivity index (χ4n) is 6.96. The largest absolute Gasteiger partial charge is 0.472 e. The first-order valence-electron chi connectivity index (χ1n) is 22.2. The molecule has 0 aliphatic heterocycles. The molecule has 0 aromatic carbocycles. The highest BCUT2D eigenvalue weighted by atomic mass is 31.2. The first-order chi connectivity index (χ1) is 25.5. The highest BCUT2D eigenvalue weighted by molar-refractivity contribution is 7.47. The molecule has 0 heterocycles. The lowest BCUT2D eigenvalue weighted by atomic mass is 10.0. The zero-order valence-electron chi connectivity index (χ0n) is 35.3. The van der Waals surface area contributed by atoms with E-state index in [9.17, 15) is 19.0 Å². The van der Waals surface area contributed by atoms with Crippen LogP contribution >= 0.6 is 7.82 Å². The normalized spacial score (nSPS) is 17.4. The fourth-order valence-corrected chi connectivity index (χ4v) is 7.70. The smallest absolute Gasteiger partial charge is 0.462 e. The molecule has 1 aliphatic rings. The Bertz CT molecular complexity index is 942. The third kappa shape index (κ3) is 32.9. The van der Waals surface area contributed by atoms with Gasteiger partial charge in [-0.3, -0.25) is 18.6 Å². The van der Waals surface area contributed by atoms with E-state index in [0.717, 1.165) is 50.4 Å². The number of esters is 2. The molecule has 0 spiro atoms. The number of quaternary nitrogens is 1. The third-order valence-corrected chi connectivity index (χ3v) is 11.6. The number of phosphoric acid groups is 1. The van der Waals surface area contributed by atoms with Crippen LogP contribution in [0, 0.1) is 11.8 Å². The van der Waals surface area contributed by atoms with Crippen molar-refractivity contribution in [3.63, 3.8) is 0 Å². The molecule has 314 valence electrons. The zero-order valence-corrected chi connectivity index (χ0v) is 36.2. The number of carbonyl (C=O) groups is 2. The van der Waals surface area contributed by atoms with Gasteiger partial charge in [-0.25, -0.2) is 4.57 Å². The number of rotatable bonds is 39. The SMILES string of the molecule is CCCCCCCCCCCCCCCC(=O)OCC(COP(=O)(O)OCC[N+](C)(C)C)OC(=O)CCCCCCCC1CC1CCCCCCCC. The molecule has 0 amide bonds. The molecule has 0 aromatic heterocycles. The van der Waals surface area contributed by atoms with Crippen LogP contribution in [0.1, 0.15) is 200 Å². The van der Waals surface area contributed by atoms with Gasteiger partial charge in [-0.2, -0.15) is 0 Å². The van der Waals surface area contributed by atoms with Crippen LogP contribution in [0.25, 0.3) is 0 Å². The van der Waals surface area contributed by atoms with E-state index < -0.39 is 26.5 Å². The molecule has 1 aliphatic carbocycles. The van der Waals surface area contributed by atoms with Crippen LogP contribution in [0.5, 0.6) is 0 Å². The summed E-state index contributed by atoms with van der Waals surface area (Å²) in [6.07, 6.45) is 33.3. The predicted octanol–water partition coefficient (Wildman–Crippen LogP) is 11.9. The predicted molar refractivity (Wildman–Crippen MR) is 218 cm³/mol. The topological polar surface area (TPSA) is 108 Å². The van der Waals surface area contributed by atoms with Crippen molar-refractivity contribution in [2.45, 2.75) is 206 Å². The van der Waals surface area contributed by atoms with Gasteiger partial charge in [0.25, 0.3) is 0 Å². The second-order valence-corrected chi connectivity index (χ2v) is 18.5. The van der Waals surface area contributed by atoms with E-state index in [-0.39, 0.29) is 25.6 Å². The summed E-state index contributed by atoms with van der Waals surface area (Å²) < 4.78 is 34.4. The molecule has 10 heteroatoms. The van der Waals surface area contributed by atoms with Crippen molar-refractivity contribution in [1.29, 1.82) is 0 Å². The van der Waals surface area contributed by atoms with Crippen molar-refractivity contribution in [1.82, 2.24) is 0 Å². The summed E-state index contributed by atoms with van der Waals surface area (Å²) in [5.41, 5.74) is 0. The lowest BCUT2D eigenvalue weighted by Gasteiger charge is -2.24. The summed E-state index contributed by atoms with van der Waals surface area (Å²) in [4.78, 5) is 35.4. The minimum atomic E-state index is -4.36. The zero-order chi connectivity index (χ0) is 39.0. The highest BCUT2D eigenvalue weighted by Gasteiger charge is 2.35. The van der Waals surface area contributed by atoms with Gasteiger partial charge in [0.2, 0.25) is 0 Å². The first kappa shape index (κ1) is 50.0. The Labute approximate surface area is 326 Å². The molecule has 53 heavy (non-hydrogen) atoms. The second-order valence-electron chi connectivity index (χ2n) is 17.0. The average molecular weight is 775 g/mol. The van der Waals surface area contributed by atoms with Crippen LogP contribution in [-0.2, 0) is 32.7 Å². The summed E-state index contributed by atoms with van der Waals surface area (Å²) >= 11 is 0. The van der Waals surface area contributed by atoms with Gasteiger partial charge in [0.05, 0.1) is 27.7 Å². The molecule has 9 nitrogen and oxygen atoms in total. The van der Waals surface area contributed by atoms with Gasteiger partial charge < -0.3 is 18.9 Å². The Morgan fingerprint density at radius 1 is 0.604 bits per heavy atom. The molecular formula is C43H85NO8P+. The maximum atomic E-state index is 12.7. The van der Waals surface area contributed by atoms with Crippen LogP contribution in [0.4, 0.5) is 0 Å². The summed E-state index contributed by atoms with van der Waals surface area (Å²) in [5, 5.41) is 0. The van der Waals surface area contributed by atoms with Crippen molar-refractivity contribution in [2.75, 3.05) is 47.5 Å². The molecule has 1 fully saturated rings. The summed E-state index contributed by atoms with van der Waals surface area (Å²) in [6.45, 7) is 4.47. The van der Waals surface area contributed by atoms with E-state index in [0.29, 0.717) is 17.4 Å². The van der Waals surface area contributed by atoms with Crippen molar-refractivity contribution >= 4 is 19.8 Å². The molecule has 1 rings (SSSR count). The minimum absolute atomic E-state index is 0.0380. The van der Waals surface area contributed by atoms with Gasteiger partial charge in [0.1, 0.15) is 19.8 Å². The number of phosphoric ester groups is 1. The Morgan fingerprint density at radius 3 is 1.47 bits per heavy atom. The number of unbranched alkanes of at least 4 members (excludes halogenated alkanes) is 21. The fraction of sp³-hybridized carbons (Fsp3) is 0.953. The number of nitrogens with zero attached hydrogens (tertiary/aromatic N) is 1. The lowest BCUT2D eigenvalue weighted by Crippen LogP contribution is -2.37. The van der Waals surface area contributed by atoms with Crippen molar-refractivity contribution in [2.24, 2.45) is 11.8 Å². The van der Waals surface area contributed by atoms with E-state index >= 15 is 0 Å². The van der Waals surface area contributed by atoms with E-state index in [1.54, 1.807) is 0 Å². The van der Waals surface area contributed by atoms with E-state index in [2.05, 4.69) is 13.8 Å². The maximum absolute atomic E-state index is 12.7. The van der Waals surface area contributed by atoms with Crippen molar-refractivity contribution in [3.05, 3.63) is 0 Å². The van der Waals surface area contributed by atoms with Crippen LogP contribution in [0.3, 0.4) is 0 Å². The average Bonchev–Trinajstić information content (AvgIpc) is 3.86. The molecule has 0 radical (unpaired) electrons. The van der Waals surface area contributed by atoms with E-state index in [4.69, 9.17) is 18.5 Å². The first-order valence-corrected chi connectivity index (χ1v) is 23.7. The Hall–Kier alpha value is -0.990. The van der Waals surface area contributed by atoms with Gasteiger partial charge in [0.15, 0.2) is 6.10 Å². The molecule has 0 saturated heterocycles. The summed E-state index contributed by atoms with van der Waals surface area (Å²) in [7, 11) is 1.50. The van der Waals surface area contributed by atoms with Crippen LogP contribution in [-0.4, -0.2) is 74.9 Å². The molecule has 0 bridgehead atoms. The lowest BCUT2D eigenvalue weighted by molar-refractivity contribution is -0.870. The number of carbonyl (C=O) groups excluding carboxylic acids is 2. The number of ether oxygens (including phenoxy) is 2. The van der Waals surface area contributed by atoms with Gasteiger partial charge in [-0.1, -0.05) is 168 Å². The van der Waals surface area contributed by atoms with E-state index in [1.807, 2.05) is 21.1 Å². The van der Waals surface area contributed by atoms with Crippen molar-refractivity contribution < 1.29 is 42.1 Å². The summed E-state index contributed by atoms with van der Waals surface area (Å²) in [5.74, 6) is 1.14. The van der Waals surface area contributed by atoms with Crippen LogP contribution in [0.2, 0.25) is 0 Å². The highest BCUT2D eigenvalue weighted by Crippen LogP contribution is 2.46. The molecular weight excluding hydrogens is 689 g/mol. The van der Waals surface area contributed by atoms with Gasteiger partial charge in [-0.15, -0.1) is 0 Å².